The van der Waals surface area contributed by atoms with E-state index in [0.29, 0.717) is 12.3 Å². The van der Waals surface area contributed by atoms with Gasteiger partial charge in [-0.25, -0.2) is 4.39 Å². The van der Waals surface area contributed by atoms with Crippen LogP contribution < -0.4 is 5.32 Å². The molecule has 28 heavy (non-hydrogen) atoms. The van der Waals surface area contributed by atoms with Crippen LogP contribution in [0.2, 0.25) is 0 Å². The first kappa shape index (κ1) is 18.0. The van der Waals surface area contributed by atoms with E-state index >= 15 is 0 Å². The summed E-state index contributed by atoms with van der Waals surface area (Å²) < 4.78 is 20.8. The predicted octanol–water partition coefficient (Wildman–Crippen LogP) is 4.75. The third-order valence-corrected chi connectivity index (χ3v) is 5.00. The van der Waals surface area contributed by atoms with Crippen LogP contribution in [0.25, 0.3) is 10.9 Å². The number of aryl methyl sites for hydroxylation is 1. The molecule has 2 aromatic carbocycles. The fourth-order valence-corrected chi connectivity index (χ4v) is 3.61. The molecule has 0 fully saturated rings. The third-order valence-electron chi connectivity index (χ3n) is 5.00. The molecule has 2 aromatic heterocycles. The van der Waals surface area contributed by atoms with Crippen molar-refractivity contribution in [3.63, 3.8) is 0 Å². The Kier molecular flexibility index (Phi) is 4.98. The lowest BCUT2D eigenvalue weighted by Crippen LogP contribution is -2.24. The van der Waals surface area contributed by atoms with Crippen molar-refractivity contribution < 1.29 is 13.6 Å². The first-order chi connectivity index (χ1) is 13.6. The fraction of sp³-hybridized carbons (Fsp3) is 0.174. The van der Waals surface area contributed by atoms with Crippen LogP contribution in [0.3, 0.4) is 0 Å². The summed E-state index contributed by atoms with van der Waals surface area (Å²) >= 11 is 0. The SMILES string of the molecule is Cn1cc([C@@H](CC(=O)NCc2ccco2)c2ccc(F)cc2)c2ccccc21. The highest BCUT2D eigenvalue weighted by atomic mass is 19.1. The summed E-state index contributed by atoms with van der Waals surface area (Å²) in [7, 11) is 1.99. The molecule has 5 heteroatoms. The number of benzene rings is 2. The van der Waals surface area contributed by atoms with Gasteiger partial charge in [-0.15, -0.1) is 0 Å². The Hall–Kier alpha value is -3.34. The molecule has 4 nitrogen and oxygen atoms in total. The molecular weight excluding hydrogens is 355 g/mol. The molecule has 0 aliphatic rings. The van der Waals surface area contributed by atoms with Crippen LogP contribution in [-0.4, -0.2) is 10.5 Å². The monoisotopic (exact) mass is 376 g/mol. The highest BCUT2D eigenvalue weighted by molar-refractivity contribution is 5.86. The van der Waals surface area contributed by atoms with Crippen LogP contribution >= 0.6 is 0 Å². The lowest BCUT2D eigenvalue weighted by molar-refractivity contribution is -0.121. The minimum atomic E-state index is -0.289. The van der Waals surface area contributed by atoms with Crippen molar-refractivity contribution in [3.8, 4) is 0 Å². The maximum absolute atomic E-state index is 13.5. The summed E-state index contributed by atoms with van der Waals surface area (Å²) in [6, 6.07) is 18.1. The Morgan fingerprint density at radius 2 is 1.89 bits per heavy atom. The minimum Gasteiger partial charge on any atom is -0.467 e. The maximum atomic E-state index is 13.5. The molecule has 0 saturated heterocycles. The molecule has 2 heterocycles. The summed E-state index contributed by atoms with van der Waals surface area (Å²) in [4.78, 5) is 12.7. The van der Waals surface area contributed by atoms with Gasteiger partial charge in [-0.05, 0) is 41.5 Å². The first-order valence-corrected chi connectivity index (χ1v) is 9.20. The number of hydrogen-bond acceptors (Lipinski definition) is 2. The van der Waals surface area contributed by atoms with Gasteiger partial charge in [0.15, 0.2) is 0 Å². The lowest BCUT2D eigenvalue weighted by atomic mass is 9.88. The van der Waals surface area contributed by atoms with E-state index in [0.717, 1.165) is 22.0 Å². The fourth-order valence-electron chi connectivity index (χ4n) is 3.61. The standard InChI is InChI=1S/C23H21FN2O2/c1-26-15-21(19-6-2-3-7-22(19)26)20(16-8-10-17(24)11-9-16)13-23(27)25-14-18-5-4-12-28-18/h2-12,15,20H,13-14H2,1H3,(H,25,27)/t20-/m0/s1. The van der Waals surface area contributed by atoms with Gasteiger partial charge >= 0.3 is 0 Å². The van der Waals surface area contributed by atoms with E-state index in [1.807, 2.05) is 25.2 Å². The minimum absolute atomic E-state index is 0.0846. The number of para-hydroxylation sites is 1. The highest BCUT2D eigenvalue weighted by Crippen LogP contribution is 2.34. The molecule has 0 spiro atoms. The van der Waals surface area contributed by atoms with Gasteiger partial charge in [0.25, 0.3) is 0 Å². The van der Waals surface area contributed by atoms with Gasteiger partial charge in [0.2, 0.25) is 5.91 Å². The molecule has 0 bridgehead atoms. The molecule has 0 unspecified atom stereocenters. The molecule has 1 amide bonds. The molecule has 0 aliphatic carbocycles. The Bertz CT molecular complexity index is 1080. The second-order valence-electron chi connectivity index (χ2n) is 6.88. The van der Waals surface area contributed by atoms with Gasteiger partial charge in [-0.1, -0.05) is 30.3 Å². The van der Waals surface area contributed by atoms with E-state index in [4.69, 9.17) is 4.42 Å². The molecule has 0 radical (unpaired) electrons. The van der Waals surface area contributed by atoms with Gasteiger partial charge in [0.1, 0.15) is 11.6 Å². The van der Waals surface area contributed by atoms with E-state index in [1.165, 1.54) is 12.1 Å². The van der Waals surface area contributed by atoms with Crippen LogP contribution in [0.1, 0.15) is 29.2 Å². The quantitative estimate of drug-likeness (QED) is 0.528. The molecule has 1 atom stereocenters. The number of fused-ring (bicyclic) bond motifs is 1. The summed E-state index contributed by atoms with van der Waals surface area (Å²) in [5.41, 5.74) is 3.06. The molecule has 1 N–H and O–H groups in total. The number of halogens is 1. The van der Waals surface area contributed by atoms with E-state index in [1.54, 1.807) is 24.5 Å². The molecule has 142 valence electrons. The second kappa shape index (κ2) is 7.72. The zero-order valence-electron chi connectivity index (χ0n) is 15.6. The van der Waals surface area contributed by atoms with E-state index in [-0.39, 0.29) is 24.1 Å². The predicted molar refractivity (Wildman–Crippen MR) is 106 cm³/mol. The number of carbonyl (C=O) groups excluding carboxylic acids is 1. The number of nitrogens with one attached hydrogen (secondary N) is 1. The van der Waals surface area contributed by atoms with Crippen molar-refractivity contribution in [1.82, 2.24) is 9.88 Å². The largest absolute Gasteiger partial charge is 0.467 e. The number of aromatic nitrogens is 1. The maximum Gasteiger partial charge on any atom is 0.221 e. The Balaban J connectivity index is 1.65. The molecule has 4 aromatic rings. The number of hydrogen-bond donors (Lipinski definition) is 1. The Labute approximate surface area is 162 Å². The summed E-state index contributed by atoms with van der Waals surface area (Å²) in [6.07, 6.45) is 3.90. The van der Waals surface area contributed by atoms with Crippen LogP contribution in [-0.2, 0) is 18.4 Å². The van der Waals surface area contributed by atoms with Gasteiger partial charge in [-0.3, -0.25) is 4.79 Å². The number of carbonyl (C=O) groups is 1. The first-order valence-electron chi connectivity index (χ1n) is 9.20. The summed E-state index contributed by atoms with van der Waals surface area (Å²) in [6.45, 7) is 0.345. The van der Waals surface area contributed by atoms with E-state index in [9.17, 15) is 9.18 Å². The molecular formula is C23H21FN2O2. The van der Waals surface area contributed by atoms with Gasteiger partial charge in [0.05, 0.1) is 12.8 Å². The highest BCUT2D eigenvalue weighted by Gasteiger charge is 2.22. The van der Waals surface area contributed by atoms with Crippen LogP contribution in [0.4, 0.5) is 4.39 Å². The van der Waals surface area contributed by atoms with Gasteiger partial charge in [0, 0.05) is 36.5 Å². The number of amides is 1. The van der Waals surface area contributed by atoms with Crippen LogP contribution in [0, 0.1) is 5.82 Å². The van der Waals surface area contributed by atoms with Crippen molar-refractivity contribution in [2.45, 2.75) is 18.9 Å². The molecule has 0 saturated carbocycles. The smallest absolute Gasteiger partial charge is 0.221 e. The zero-order chi connectivity index (χ0) is 19.5. The van der Waals surface area contributed by atoms with Crippen molar-refractivity contribution in [2.75, 3.05) is 0 Å². The topological polar surface area (TPSA) is 47.2 Å². The number of rotatable bonds is 6. The van der Waals surface area contributed by atoms with Crippen molar-refractivity contribution in [1.29, 1.82) is 0 Å². The average Bonchev–Trinajstić information content (AvgIpc) is 3.34. The number of nitrogens with zero attached hydrogens (tertiary/aromatic N) is 1. The van der Waals surface area contributed by atoms with Crippen molar-refractivity contribution >= 4 is 16.8 Å². The van der Waals surface area contributed by atoms with Crippen LogP contribution in [0.15, 0.2) is 77.5 Å². The molecule has 4 rings (SSSR count). The average molecular weight is 376 g/mol. The second-order valence-corrected chi connectivity index (χ2v) is 6.88. The van der Waals surface area contributed by atoms with Crippen molar-refractivity contribution in [2.24, 2.45) is 7.05 Å². The lowest BCUT2D eigenvalue weighted by Gasteiger charge is -2.17. The van der Waals surface area contributed by atoms with Crippen LogP contribution in [0.5, 0.6) is 0 Å². The summed E-state index contributed by atoms with van der Waals surface area (Å²) in [5, 5.41) is 4.00. The third kappa shape index (κ3) is 3.69. The van der Waals surface area contributed by atoms with Crippen molar-refractivity contribution in [3.05, 3.63) is 95.8 Å². The van der Waals surface area contributed by atoms with Gasteiger partial charge < -0.3 is 14.3 Å². The zero-order valence-corrected chi connectivity index (χ0v) is 15.6. The van der Waals surface area contributed by atoms with E-state index < -0.39 is 0 Å². The number of furan rings is 1. The summed E-state index contributed by atoms with van der Waals surface area (Å²) in [5.74, 6) is 0.154. The Morgan fingerprint density at radius 3 is 2.64 bits per heavy atom. The van der Waals surface area contributed by atoms with Gasteiger partial charge in [-0.2, -0.15) is 0 Å². The molecule has 0 aliphatic heterocycles. The Morgan fingerprint density at radius 1 is 1.11 bits per heavy atom. The normalized spacial score (nSPS) is 12.2. The van der Waals surface area contributed by atoms with E-state index in [2.05, 4.69) is 28.2 Å².